The molecule has 1 aliphatic heterocycles. The predicted octanol–water partition coefficient (Wildman–Crippen LogP) is 3.97. The van der Waals surface area contributed by atoms with Crippen molar-refractivity contribution in [1.82, 2.24) is 5.32 Å². The molecule has 0 spiro atoms. The second-order valence-electron chi connectivity index (χ2n) is 5.28. The molecule has 1 aliphatic rings. The first-order valence-corrected chi connectivity index (χ1v) is 7.04. The number of rotatable bonds is 4. The van der Waals surface area contributed by atoms with Crippen molar-refractivity contribution >= 4 is 0 Å². The molecule has 0 amide bonds. The molecule has 2 aromatic rings. The van der Waals surface area contributed by atoms with Crippen LogP contribution in [0.25, 0.3) is 0 Å². The molecule has 1 unspecified atom stereocenters. The van der Waals surface area contributed by atoms with Crippen LogP contribution in [-0.4, -0.2) is 6.79 Å². The van der Waals surface area contributed by atoms with Gasteiger partial charge in [-0.25, -0.2) is 4.39 Å². The van der Waals surface area contributed by atoms with Crippen LogP contribution < -0.4 is 14.8 Å². The zero-order valence-electron chi connectivity index (χ0n) is 12.1. The van der Waals surface area contributed by atoms with Gasteiger partial charge in [0.15, 0.2) is 11.5 Å². The van der Waals surface area contributed by atoms with E-state index in [1.165, 1.54) is 6.07 Å². The fourth-order valence-electron chi connectivity index (χ4n) is 2.53. The molecule has 3 rings (SSSR count). The van der Waals surface area contributed by atoms with Crippen LogP contribution in [-0.2, 0) is 0 Å². The van der Waals surface area contributed by atoms with Crippen LogP contribution in [0.15, 0.2) is 42.5 Å². The molecule has 1 heterocycles. The SMILES string of the molecule is CC(N[C@@H](C)c1cccc(F)c1)c1ccc2c(c1)OCO2. The van der Waals surface area contributed by atoms with Gasteiger partial charge in [-0.05, 0) is 49.2 Å². The van der Waals surface area contributed by atoms with Gasteiger partial charge in [0.2, 0.25) is 6.79 Å². The highest BCUT2D eigenvalue weighted by Crippen LogP contribution is 2.34. The normalized spacial score (nSPS) is 15.8. The second-order valence-corrected chi connectivity index (χ2v) is 5.28. The molecular formula is C17H18FNO2. The van der Waals surface area contributed by atoms with E-state index < -0.39 is 0 Å². The highest BCUT2D eigenvalue weighted by Gasteiger charge is 2.17. The number of fused-ring (bicyclic) bond motifs is 1. The van der Waals surface area contributed by atoms with Gasteiger partial charge in [0.25, 0.3) is 0 Å². The lowest BCUT2D eigenvalue weighted by atomic mass is 10.0. The van der Waals surface area contributed by atoms with Crippen molar-refractivity contribution in [3.8, 4) is 11.5 Å². The fraction of sp³-hybridized carbons (Fsp3) is 0.294. The molecule has 110 valence electrons. The molecule has 0 radical (unpaired) electrons. The van der Waals surface area contributed by atoms with Crippen LogP contribution in [0.3, 0.4) is 0 Å². The van der Waals surface area contributed by atoms with Crippen molar-refractivity contribution in [2.24, 2.45) is 0 Å². The van der Waals surface area contributed by atoms with Crippen LogP contribution in [0.2, 0.25) is 0 Å². The molecule has 0 aromatic heterocycles. The van der Waals surface area contributed by atoms with Crippen molar-refractivity contribution in [2.75, 3.05) is 6.79 Å². The molecule has 4 heteroatoms. The van der Waals surface area contributed by atoms with Gasteiger partial charge < -0.3 is 14.8 Å². The highest BCUT2D eigenvalue weighted by atomic mass is 19.1. The number of hydrogen-bond acceptors (Lipinski definition) is 3. The van der Waals surface area contributed by atoms with Gasteiger partial charge in [0.05, 0.1) is 0 Å². The standard InChI is InChI=1S/C17H18FNO2/c1-11(13-4-3-5-15(18)8-13)19-12(2)14-6-7-16-17(9-14)21-10-20-16/h3-9,11-12,19H,10H2,1-2H3/t11-,12?/m0/s1. The van der Waals surface area contributed by atoms with Gasteiger partial charge in [-0.1, -0.05) is 18.2 Å². The topological polar surface area (TPSA) is 30.5 Å². The van der Waals surface area contributed by atoms with E-state index in [-0.39, 0.29) is 24.7 Å². The summed E-state index contributed by atoms with van der Waals surface area (Å²) in [4.78, 5) is 0. The molecule has 1 N–H and O–H groups in total. The number of hydrogen-bond donors (Lipinski definition) is 1. The molecule has 0 aliphatic carbocycles. The lowest BCUT2D eigenvalue weighted by molar-refractivity contribution is 0.174. The van der Waals surface area contributed by atoms with Crippen molar-refractivity contribution in [2.45, 2.75) is 25.9 Å². The number of ether oxygens (including phenoxy) is 2. The lowest BCUT2D eigenvalue weighted by Crippen LogP contribution is -2.22. The van der Waals surface area contributed by atoms with E-state index in [9.17, 15) is 4.39 Å². The molecule has 2 aromatic carbocycles. The molecule has 0 bridgehead atoms. The zero-order valence-corrected chi connectivity index (χ0v) is 12.1. The summed E-state index contributed by atoms with van der Waals surface area (Å²) in [6, 6.07) is 12.8. The summed E-state index contributed by atoms with van der Waals surface area (Å²) in [5.74, 6) is 1.35. The zero-order chi connectivity index (χ0) is 14.8. The third kappa shape index (κ3) is 3.00. The summed E-state index contributed by atoms with van der Waals surface area (Å²) in [5.41, 5.74) is 2.05. The largest absolute Gasteiger partial charge is 0.454 e. The van der Waals surface area contributed by atoms with E-state index in [4.69, 9.17) is 9.47 Å². The smallest absolute Gasteiger partial charge is 0.231 e. The maximum absolute atomic E-state index is 13.3. The van der Waals surface area contributed by atoms with E-state index >= 15 is 0 Å². The molecule has 0 saturated carbocycles. The van der Waals surface area contributed by atoms with E-state index in [1.54, 1.807) is 12.1 Å². The van der Waals surface area contributed by atoms with Crippen molar-refractivity contribution in [1.29, 1.82) is 0 Å². The Labute approximate surface area is 123 Å². The summed E-state index contributed by atoms with van der Waals surface area (Å²) in [7, 11) is 0. The van der Waals surface area contributed by atoms with Crippen LogP contribution in [0.1, 0.15) is 37.1 Å². The molecule has 0 saturated heterocycles. The Hall–Kier alpha value is -2.07. The molecule has 0 fully saturated rings. The minimum Gasteiger partial charge on any atom is -0.454 e. The van der Waals surface area contributed by atoms with Gasteiger partial charge in [-0.2, -0.15) is 0 Å². The van der Waals surface area contributed by atoms with Gasteiger partial charge in [0, 0.05) is 12.1 Å². The van der Waals surface area contributed by atoms with E-state index in [1.807, 2.05) is 31.2 Å². The van der Waals surface area contributed by atoms with Crippen LogP contribution >= 0.6 is 0 Å². The van der Waals surface area contributed by atoms with Gasteiger partial charge >= 0.3 is 0 Å². The summed E-state index contributed by atoms with van der Waals surface area (Å²) in [6.45, 7) is 4.38. The van der Waals surface area contributed by atoms with Crippen molar-refractivity contribution in [3.63, 3.8) is 0 Å². The Kier molecular flexibility index (Phi) is 3.80. The maximum atomic E-state index is 13.3. The highest BCUT2D eigenvalue weighted by molar-refractivity contribution is 5.45. The first-order chi connectivity index (χ1) is 10.1. The fourth-order valence-corrected chi connectivity index (χ4v) is 2.53. The Morgan fingerprint density at radius 3 is 2.43 bits per heavy atom. The summed E-state index contributed by atoms with van der Waals surface area (Å²) < 4.78 is 24.0. The average Bonchev–Trinajstić information content (AvgIpc) is 2.94. The quantitative estimate of drug-likeness (QED) is 0.923. The van der Waals surface area contributed by atoms with Gasteiger partial charge in [-0.15, -0.1) is 0 Å². The minimum atomic E-state index is -0.211. The van der Waals surface area contributed by atoms with E-state index in [0.29, 0.717) is 0 Å². The van der Waals surface area contributed by atoms with Crippen molar-refractivity contribution < 1.29 is 13.9 Å². The monoisotopic (exact) mass is 287 g/mol. The maximum Gasteiger partial charge on any atom is 0.231 e. The van der Waals surface area contributed by atoms with Crippen molar-refractivity contribution in [3.05, 3.63) is 59.4 Å². The van der Waals surface area contributed by atoms with Crippen LogP contribution in [0.5, 0.6) is 11.5 Å². The van der Waals surface area contributed by atoms with E-state index in [0.717, 1.165) is 22.6 Å². The van der Waals surface area contributed by atoms with Crippen LogP contribution in [0.4, 0.5) is 4.39 Å². The summed E-state index contributed by atoms with van der Waals surface area (Å²) in [6.07, 6.45) is 0. The first-order valence-electron chi connectivity index (χ1n) is 7.04. The molecule has 2 atom stereocenters. The second kappa shape index (κ2) is 5.74. The Morgan fingerprint density at radius 2 is 1.67 bits per heavy atom. The first kappa shape index (κ1) is 13.9. The third-order valence-electron chi connectivity index (χ3n) is 3.75. The van der Waals surface area contributed by atoms with E-state index in [2.05, 4.69) is 12.2 Å². The average molecular weight is 287 g/mol. The Balaban J connectivity index is 1.72. The molecule has 21 heavy (non-hydrogen) atoms. The lowest BCUT2D eigenvalue weighted by Gasteiger charge is -2.21. The van der Waals surface area contributed by atoms with Gasteiger partial charge in [0.1, 0.15) is 5.82 Å². The summed E-state index contributed by atoms with van der Waals surface area (Å²) in [5, 5.41) is 3.47. The molecule has 3 nitrogen and oxygen atoms in total. The van der Waals surface area contributed by atoms with Crippen LogP contribution in [0, 0.1) is 5.82 Å². The number of halogens is 1. The minimum absolute atomic E-state index is 0.0566. The number of nitrogens with one attached hydrogen (secondary N) is 1. The summed E-state index contributed by atoms with van der Waals surface area (Å²) >= 11 is 0. The number of benzene rings is 2. The predicted molar refractivity (Wildman–Crippen MR) is 78.9 cm³/mol. The third-order valence-corrected chi connectivity index (χ3v) is 3.75. The Bertz CT molecular complexity index is 644. The Morgan fingerprint density at radius 1 is 0.952 bits per heavy atom. The van der Waals surface area contributed by atoms with Gasteiger partial charge in [-0.3, -0.25) is 0 Å². The molecular weight excluding hydrogens is 269 g/mol.